The van der Waals surface area contributed by atoms with Crippen molar-refractivity contribution in [1.29, 1.82) is 0 Å². The Hall–Kier alpha value is -2.03. The van der Waals surface area contributed by atoms with Gasteiger partial charge in [-0.25, -0.2) is 23.1 Å². The summed E-state index contributed by atoms with van der Waals surface area (Å²) < 4.78 is 30.5. The molecule has 1 aliphatic rings. The molecule has 1 aromatic carbocycles. The van der Waals surface area contributed by atoms with Gasteiger partial charge in [-0.15, -0.1) is 11.3 Å². The summed E-state index contributed by atoms with van der Waals surface area (Å²) in [6.07, 6.45) is 4.47. The summed E-state index contributed by atoms with van der Waals surface area (Å²) >= 11 is 1.64. The molecule has 8 heteroatoms. The standard InChI is InChI=1S/C15H14N2OS.C9H20.C6H13NO2S.6CH4/c1-10(2)18-15-14(13-8-5-9-19-13)16-11-6-3-4-7-12(11)17-15;1-8(2)6-7-9(3,4)5;1-5(2)7-10(8,9)6-3-4-6;;;;;;/h3-10H,1-2H3;8H,6-7H2,1-5H3;5-7H,3-4H2,1-2H3;6*1H4. The summed E-state index contributed by atoms with van der Waals surface area (Å²) in [5.41, 5.74) is 3.10. The van der Waals surface area contributed by atoms with Gasteiger partial charge in [-0.3, -0.25) is 0 Å². The van der Waals surface area contributed by atoms with E-state index in [1.54, 1.807) is 11.3 Å². The number of para-hydroxylation sites is 2. The maximum Gasteiger partial charge on any atom is 0.242 e. The summed E-state index contributed by atoms with van der Waals surface area (Å²) in [5, 5.41) is 1.95. The molecule has 0 atom stereocenters. The van der Waals surface area contributed by atoms with Gasteiger partial charge in [-0.05, 0) is 81.9 Å². The van der Waals surface area contributed by atoms with Crippen LogP contribution in [0.2, 0.25) is 0 Å². The minimum Gasteiger partial charge on any atom is -0.473 e. The third kappa shape index (κ3) is 19.4. The number of nitrogens with one attached hydrogen (secondary N) is 1. The highest BCUT2D eigenvalue weighted by atomic mass is 32.2. The average molecular weight is 658 g/mol. The smallest absolute Gasteiger partial charge is 0.242 e. The molecule has 0 amide bonds. The molecule has 0 unspecified atom stereocenters. The molecule has 2 aromatic heterocycles. The van der Waals surface area contributed by atoms with Crippen molar-refractivity contribution in [3.05, 3.63) is 41.8 Å². The van der Waals surface area contributed by atoms with Gasteiger partial charge in [0.05, 0.1) is 27.3 Å². The number of hydrogen-bond donors (Lipinski definition) is 1. The Kier molecular flexibility index (Phi) is 27.3. The van der Waals surface area contributed by atoms with Crippen molar-refractivity contribution in [2.45, 2.75) is 150 Å². The second-order valence-electron chi connectivity index (χ2n) is 12.0. The first-order valence-corrected chi connectivity index (χ1v) is 16.1. The molecule has 0 aliphatic heterocycles. The van der Waals surface area contributed by atoms with Crippen molar-refractivity contribution >= 4 is 32.4 Å². The van der Waals surface area contributed by atoms with Gasteiger partial charge < -0.3 is 4.74 Å². The first-order valence-electron chi connectivity index (χ1n) is 13.7. The number of aromatic nitrogens is 2. The summed E-state index contributed by atoms with van der Waals surface area (Å²) in [6.45, 7) is 19.1. The summed E-state index contributed by atoms with van der Waals surface area (Å²) in [6, 6.07) is 11.9. The molecule has 1 saturated carbocycles. The van der Waals surface area contributed by atoms with Crippen LogP contribution in [0.5, 0.6) is 5.88 Å². The third-order valence-corrected chi connectivity index (χ3v) is 8.50. The number of hydrogen-bond acceptors (Lipinski definition) is 6. The first-order chi connectivity index (χ1) is 17.7. The van der Waals surface area contributed by atoms with Crippen LogP contribution in [-0.4, -0.2) is 35.8 Å². The average Bonchev–Trinajstić information content (AvgIpc) is 3.53. The zero-order valence-corrected chi connectivity index (χ0v) is 26.2. The van der Waals surface area contributed by atoms with E-state index >= 15 is 0 Å². The predicted molar refractivity (Wildman–Crippen MR) is 203 cm³/mol. The molecule has 1 N–H and O–H groups in total. The Bertz CT molecular complexity index is 1210. The van der Waals surface area contributed by atoms with Crippen LogP contribution < -0.4 is 9.46 Å². The van der Waals surface area contributed by atoms with E-state index in [1.807, 2.05) is 69.5 Å². The highest BCUT2D eigenvalue weighted by molar-refractivity contribution is 7.90. The van der Waals surface area contributed by atoms with Gasteiger partial charge in [0, 0.05) is 6.04 Å². The Balaban J connectivity index is -0.000000177. The molecule has 6 nitrogen and oxygen atoms in total. The summed E-state index contributed by atoms with van der Waals surface area (Å²) in [4.78, 5) is 10.4. The van der Waals surface area contributed by atoms with Crippen molar-refractivity contribution in [3.63, 3.8) is 0 Å². The fraction of sp³-hybridized carbons (Fsp3) is 0.667. The molecule has 44 heavy (non-hydrogen) atoms. The minimum atomic E-state index is -2.94. The largest absolute Gasteiger partial charge is 0.473 e. The van der Waals surface area contributed by atoms with E-state index in [-0.39, 0.29) is 62.0 Å². The quantitative estimate of drug-likeness (QED) is 0.261. The van der Waals surface area contributed by atoms with Gasteiger partial charge in [0.2, 0.25) is 15.9 Å². The zero-order valence-electron chi connectivity index (χ0n) is 24.6. The highest BCUT2D eigenvalue weighted by Gasteiger charge is 2.35. The lowest BCUT2D eigenvalue weighted by atomic mass is 9.88. The third-order valence-electron chi connectivity index (χ3n) is 5.48. The molecule has 0 spiro atoms. The van der Waals surface area contributed by atoms with Gasteiger partial charge in [0.15, 0.2) is 0 Å². The fourth-order valence-corrected chi connectivity index (χ4v) is 5.70. The second-order valence-corrected chi connectivity index (χ2v) is 15.0. The van der Waals surface area contributed by atoms with E-state index in [2.05, 4.69) is 44.3 Å². The lowest BCUT2D eigenvalue weighted by Gasteiger charge is -2.18. The van der Waals surface area contributed by atoms with Crippen molar-refractivity contribution in [1.82, 2.24) is 14.7 Å². The zero-order chi connectivity index (χ0) is 28.5. The van der Waals surface area contributed by atoms with Crippen molar-refractivity contribution < 1.29 is 13.2 Å². The first kappa shape index (κ1) is 51.5. The number of ether oxygens (including phenoxy) is 1. The molecule has 260 valence electrons. The maximum absolute atomic E-state index is 11.1. The number of sulfonamides is 1. The van der Waals surface area contributed by atoms with Crippen molar-refractivity contribution in [2.75, 3.05) is 0 Å². The lowest BCUT2D eigenvalue weighted by molar-refractivity contribution is 0.234. The van der Waals surface area contributed by atoms with E-state index in [0.717, 1.165) is 40.4 Å². The highest BCUT2D eigenvalue weighted by Crippen LogP contribution is 2.32. The van der Waals surface area contributed by atoms with Crippen LogP contribution in [0.25, 0.3) is 21.6 Å². The molecule has 0 radical (unpaired) electrons. The topological polar surface area (TPSA) is 81.2 Å². The van der Waals surface area contributed by atoms with Gasteiger partial charge in [0.25, 0.3) is 0 Å². The number of rotatable bonds is 8. The van der Waals surface area contributed by atoms with Crippen LogP contribution in [0.15, 0.2) is 41.8 Å². The Morgan fingerprint density at radius 3 is 1.75 bits per heavy atom. The van der Waals surface area contributed by atoms with Gasteiger partial charge >= 0.3 is 0 Å². The second kappa shape index (κ2) is 23.3. The SMILES string of the molecule is C.C.C.C.C.C.CC(C)CCC(C)(C)C.CC(C)NS(=O)(=O)C1CC1.CC(C)Oc1nc2ccccc2nc1-c1cccs1. The molecular weight excluding hydrogens is 587 g/mol. The monoisotopic (exact) mass is 657 g/mol. The summed E-state index contributed by atoms with van der Waals surface area (Å²) in [7, 11) is -2.94. The van der Waals surface area contributed by atoms with Crippen LogP contribution in [0, 0.1) is 11.3 Å². The predicted octanol–water partition coefficient (Wildman–Crippen LogP) is 11.9. The van der Waals surface area contributed by atoms with Crippen LogP contribution in [0.1, 0.15) is 133 Å². The normalized spacial score (nSPS) is 11.9. The number of nitrogens with zero attached hydrogens (tertiary/aromatic N) is 2. The van der Waals surface area contributed by atoms with Crippen LogP contribution in [0.3, 0.4) is 0 Å². The van der Waals surface area contributed by atoms with E-state index in [0.29, 0.717) is 11.3 Å². The molecule has 1 fully saturated rings. The molecule has 3 aromatic rings. The number of benzene rings is 1. The van der Waals surface area contributed by atoms with E-state index in [4.69, 9.17) is 9.72 Å². The van der Waals surface area contributed by atoms with Gasteiger partial charge in [-0.1, -0.05) is 104 Å². The molecule has 1 aliphatic carbocycles. The molecule has 0 bridgehead atoms. The van der Waals surface area contributed by atoms with Crippen molar-refractivity contribution in [2.24, 2.45) is 11.3 Å². The van der Waals surface area contributed by atoms with Gasteiger partial charge in [-0.2, -0.15) is 0 Å². The van der Waals surface area contributed by atoms with E-state index in [1.165, 1.54) is 12.8 Å². The Morgan fingerprint density at radius 1 is 0.864 bits per heavy atom. The Labute approximate surface area is 278 Å². The van der Waals surface area contributed by atoms with Crippen LogP contribution in [0.4, 0.5) is 0 Å². The number of thiophene rings is 1. The van der Waals surface area contributed by atoms with Gasteiger partial charge in [0.1, 0.15) is 5.69 Å². The van der Waals surface area contributed by atoms with Crippen molar-refractivity contribution in [3.8, 4) is 16.5 Å². The van der Waals surface area contributed by atoms with Crippen LogP contribution in [-0.2, 0) is 10.0 Å². The fourth-order valence-electron chi connectivity index (χ4n) is 3.39. The number of fused-ring (bicyclic) bond motifs is 1. The lowest BCUT2D eigenvalue weighted by Crippen LogP contribution is -2.32. The summed E-state index contributed by atoms with van der Waals surface area (Å²) in [5.74, 6) is 1.47. The maximum atomic E-state index is 11.1. The molecule has 4 rings (SSSR count). The minimum absolute atomic E-state index is 0. The molecule has 2 heterocycles. The Morgan fingerprint density at radius 2 is 1.39 bits per heavy atom. The molecule has 0 saturated heterocycles. The molecular formula is C36H71N3O3S2. The van der Waals surface area contributed by atoms with E-state index in [9.17, 15) is 8.42 Å². The van der Waals surface area contributed by atoms with Crippen LogP contribution >= 0.6 is 11.3 Å². The van der Waals surface area contributed by atoms with E-state index < -0.39 is 10.0 Å².